The monoisotopic (exact) mass is 429 g/mol. The highest BCUT2D eigenvalue weighted by Crippen LogP contribution is 2.22. The maximum Gasteiger partial charge on any atom is 0.264 e. The normalized spacial score (nSPS) is 17.5. The molecule has 0 radical (unpaired) electrons. The zero-order valence-electron chi connectivity index (χ0n) is 17.8. The third-order valence-corrected chi connectivity index (χ3v) is 7.37. The number of carbonyl (C=O) groups is 1. The van der Waals surface area contributed by atoms with Gasteiger partial charge < -0.3 is 10.2 Å². The van der Waals surface area contributed by atoms with Crippen molar-refractivity contribution in [2.75, 3.05) is 37.5 Å². The number of benzene rings is 2. The fraction of sp³-hybridized carbons (Fsp3) is 0.435. The van der Waals surface area contributed by atoms with Gasteiger partial charge in [-0.1, -0.05) is 25.1 Å². The second-order valence-corrected chi connectivity index (χ2v) is 9.96. The van der Waals surface area contributed by atoms with Gasteiger partial charge in [0.1, 0.15) is 0 Å². The van der Waals surface area contributed by atoms with E-state index in [9.17, 15) is 13.2 Å². The van der Waals surface area contributed by atoms with E-state index in [1.807, 2.05) is 0 Å². The lowest BCUT2D eigenvalue weighted by Crippen LogP contribution is -2.36. The smallest absolute Gasteiger partial charge is 0.264 e. The van der Waals surface area contributed by atoms with Crippen molar-refractivity contribution in [1.82, 2.24) is 10.2 Å². The van der Waals surface area contributed by atoms with Gasteiger partial charge in [-0.3, -0.25) is 9.10 Å². The lowest BCUT2D eigenvalue weighted by atomic mass is 10.0. The first-order valence-electron chi connectivity index (χ1n) is 10.5. The topological polar surface area (TPSA) is 69.7 Å². The minimum Gasteiger partial charge on any atom is -0.352 e. The zero-order valence-corrected chi connectivity index (χ0v) is 18.6. The summed E-state index contributed by atoms with van der Waals surface area (Å²) in [6, 6.07) is 14.9. The Labute approximate surface area is 179 Å². The first kappa shape index (κ1) is 22.3. The van der Waals surface area contributed by atoms with Gasteiger partial charge in [0, 0.05) is 25.7 Å². The van der Waals surface area contributed by atoms with Crippen LogP contribution < -0.4 is 9.62 Å². The number of likely N-dealkylation sites (tertiary alicyclic amines) is 1. The number of nitrogens with zero attached hydrogens (tertiary/aromatic N) is 2. The third-order valence-electron chi connectivity index (χ3n) is 5.57. The summed E-state index contributed by atoms with van der Waals surface area (Å²) in [6.45, 7) is 6.23. The standard InChI is InChI=1S/C23H31N3O3S/c1-19-8-6-16-26(18-19)17-7-15-24-23(27)20-11-13-21(14-12-20)25(2)30(28,29)22-9-4-3-5-10-22/h3-5,9-14,19H,6-8,15-18H2,1-2H3,(H,24,27)/t19-/m1/s1. The van der Waals surface area contributed by atoms with E-state index in [-0.39, 0.29) is 10.8 Å². The van der Waals surface area contributed by atoms with E-state index >= 15 is 0 Å². The summed E-state index contributed by atoms with van der Waals surface area (Å²) >= 11 is 0. The number of amides is 1. The lowest BCUT2D eigenvalue weighted by molar-refractivity contribution is 0.0950. The lowest BCUT2D eigenvalue weighted by Gasteiger charge is -2.30. The molecule has 3 rings (SSSR count). The number of sulfonamides is 1. The molecule has 2 aromatic carbocycles. The van der Waals surface area contributed by atoms with E-state index in [2.05, 4.69) is 17.1 Å². The average molecular weight is 430 g/mol. The van der Waals surface area contributed by atoms with Crippen LogP contribution in [0.2, 0.25) is 0 Å². The number of rotatable bonds is 8. The van der Waals surface area contributed by atoms with Gasteiger partial charge in [0.05, 0.1) is 10.6 Å². The summed E-state index contributed by atoms with van der Waals surface area (Å²) in [7, 11) is -2.12. The maximum atomic E-state index is 12.7. The van der Waals surface area contributed by atoms with Crippen LogP contribution in [0.25, 0.3) is 0 Å². The molecule has 1 aliphatic heterocycles. The molecule has 0 spiro atoms. The SMILES string of the molecule is C[C@@H]1CCCN(CCCNC(=O)c2ccc(N(C)S(=O)(=O)c3ccccc3)cc2)C1. The van der Waals surface area contributed by atoms with Crippen molar-refractivity contribution in [3.63, 3.8) is 0 Å². The van der Waals surface area contributed by atoms with Crippen molar-refractivity contribution in [1.29, 1.82) is 0 Å². The van der Waals surface area contributed by atoms with Crippen LogP contribution in [0.3, 0.4) is 0 Å². The zero-order chi connectivity index (χ0) is 21.6. The quantitative estimate of drug-likeness (QED) is 0.653. The van der Waals surface area contributed by atoms with Crippen LogP contribution in [-0.4, -0.2) is 52.5 Å². The molecule has 7 heteroatoms. The molecule has 1 atom stereocenters. The Balaban J connectivity index is 1.51. The van der Waals surface area contributed by atoms with Crippen molar-refractivity contribution in [3.05, 3.63) is 60.2 Å². The maximum absolute atomic E-state index is 12.7. The Kier molecular flexibility index (Phi) is 7.50. The predicted molar refractivity (Wildman–Crippen MR) is 120 cm³/mol. The first-order chi connectivity index (χ1) is 14.4. The van der Waals surface area contributed by atoms with Gasteiger partial charge in [0.15, 0.2) is 0 Å². The molecule has 0 aromatic heterocycles. The van der Waals surface area contributed by atoms with Crippen molar-refractivity contribution < 1.29 is 13.2 Å². The summed E-state index contributed by atoms with van der Waals surface area (Å²) in [5.41, 5.74) is 1.03. The molecule has 0 bridgehead atoms. The fourth-order valence-corrected chi connectivity index (χ4v) is 5.03. The molecule has 1 heterocycles. The van der Waals surface area contributed by atoms with Gasteiger partial charge in [0.2, 0.25) is 0 Å². The summed E-state index contributed by atoms with van der Waals surface area (Å²) in [6.07, 6.45) is 3.49. The predicted octanol–water partition coefficient (Wildman–Crippen LogP) is 3.36. The summed E-state index contributed by atoms with van der Waals surface area (Å²) in [5, 5.41) is 2.96. The minimum atomic E-state index is -3.63. The van der Waals surface area contributed by atoms with Crippen molar-refractivity contribution in [2.24, 2.45) is 5.92 Å². The van der Waals surface area contributed by atoms with E-state index in [1.54, 1.807) is 54.6 Å². The van der Waals surface area contributed by atoms with Crippen LogP contribution in [0, 0.1) is 5.92 Å². The van der Waals surface area contributed by atoms with Crippen molar-refractivity contribution >= 4 is 21.6 Å². The van der Waals surface area contributed by atoms with Crippen LogP contribution in [0.4, 0.5) is 5.69 Å². The van der Waals surface area contributed by atoms with Crippen LogP contribution in [0.15, 0.2) is 59.5 Å². The summed E-state index contributed by atoms with van der Waals surface area (Å²) in [4.78, 5) is 15.1. The molecule has 0 unspecified atom stereocenters. The number of carbonyl (C=O) groups excluding carboxylic acids is 1. The number of hydrogen-bond acceptors (Lipinski definition) is 4. The Morgan fingerprint density at radius 2 is 1.83 bits per heavy atom. The van der Waals surface area contributed by atoms with E-state index in [0.717, 1.165) is 32.0 Å². The van der Waals surface area contributed by atoms with Crippen molar-refractivity contribution in [3.8, 4) is 0 Å². The van der Waals surface area contributed by atoms with E-state index in [4.69, 9.17) is 0 Å². The Hall–Kier alpha value is -2.38. The molecule has 162 valence electrons. The third kappa shape index (κ3) is 5.61. The van der Waals surface area contributed by atoms with Gasteiger partial charge in [-0.15, -0.1) is 0 Å². The highest BCUT2D eigenvalue weighted by Gasteiger charge is 2.21. The highest BCUT2D eigenvalue weighted by molar-refractivity contribution is 7.92. The van der Waals surface area contributed by atoms with Gasteiger partial charge >= 0.3 is 0 Å². The molecule has 1 amide bonds. The number of hydrogen-bond donors (Lipinski definition) is 1. The average Bonchev–Trinajstić information content (AvgIpc) is 2.77. The summed E-state index contributed by atoms with van der Waals surface area (Å²) < 4.78 is 26.7. The van der Waals surface area contributed by atoms with Crippen LogP contribution in [0.1, 0.15) is 36.5 Å². The molecule has 0 aliphatic carbocycles. The number of piperidine rings is 1. The molecule has 30 heavy (non-hydrogen) atoms. The number of nitrogens with one attached hydrogen (secondary N) is 1. The Morgan fingerprint density at radius 3 is 2.50 bits per heavy atom. The van der Waals surface area contributed by atoms with E-state index in [1.165, 1.54) is 24.2 Å². The van der Waals surface area contributed by atoms with E-state index < -0.39 is 10.0 Å². The second-order valence-electron chi connectivity index (χ2n) is 7.99. The molecule has 1 aliphatic rings. The molecule has 1 saturated heterocycles. The molecule has 2 aromatic rings. The van der Waals surface area contributed by atoms with Crippen LogP contribution in [0.5, 0.6) is 0 Å². The highest BCUT2D eigenvalue weighted by atomic mass is 32.2. The van der Waals surface area contributed by atoms with Gasteiger partial charge in [0.25, 0.3) is 15.9 Å². The first-order valence-corrected chi connectivity index (χ1v) is 12.0. The molecular weight excluding hydrogens is 398 g/mol. The minimum absolute atomic E-state index is 0.137. The molecule has 1 fully saturated rings. The fourth-order valence-electron chi connectivity index (χ4n) is 3.81. The second kappa shape index (κ2) is 10.1. The molecule has 1 N–H and O–H groups in total. The summed E-state index contributed by atoms with van der Waals surface area (Å²) in [5.74, 6) is 0.623. The van der Waals surface area contributed by atoms with Gasteiger partial charge in [-0.2, -0.15) is 0 Å². The van der Waals surface area contributed by atoms with Gasteiger partial charge in [-0.05, 0) is 74.7 Å². The molecule has 6 nitrogen and oxygen atoms in total. The van der Waals surface area contributed by atoms with Crippen LogP contribution in [-0.2, 0) is 10.0 Å². The molecule has 0 saturated carbocycles. The largest absolute Gasteiger partial charge is 0.352 e. The Morgan fingerprint density at radius 1 is 1.13 bits per heavy atom. The van der Waals surface area contributed by atoms with Gasteiger partial charge in [-0.25, -0.2) is 8.42 Å². The van der Waals surface area contributed by atoms with Crippen LogP contribution >= 0.6 is 0 Å². The van der Waals surface area contributed by atoms with Crippen molar-refractivity contribution in [2.45, 2.75) is 31.1 Å². The Bertz CT molecular complexity index is 930. The van der Waals surface area contributed by atoms with E-state index in [0.29, 0.717) is 17.8 Å². The number of anilines is 1. The molecular formula is C23H31N3O3S.